The summed E-state index contributed by atoms with van der Waals surface area (Å²) < 4.78 is 5.29. The highest BCUT2D eigenvalue weighted by Crippen LogP contribution is 2.17. The van der Waals surface area contributed by atoms with Crippen molar-refractivity contribution in [3.63, 3.8) is 0 Å². The van der Waals surface area contributed by atoms with Crippen LogP contribution < -0.4 is 10.9 Å². The average molecular weight is 286 g/mol. The number of ether oxygens (including phenoxy) is 1. The van der Waals surface area contributed by atoms with Crippen molar-refractivity contribution < 1.29 is 9.53 Å². The molecule has 5 nitrogen and oxygen atoms in total. The minimum Gasteiger partial charge on any atom is -0.381 e. The fourth-order valence-electron chi connectivity index (χ4n) is 2.63. The summed E-state index contributed by atoms with van der Waals surface area (Å²) in [5.74, 6) is 0.160. The van der Waals surface area contributed by atoms with Gasteiger partial charge in [0.15, 0.2) is 0 Å². The van der Waals surface area contributed by atoms with Gasteiger partial charge in [-0.15, -0.1) is 0 Å². The molecule has 1 aromatic carbocycles. The number of carbonyl (C=O) groups excluding carboxylic acids is 1. The minimum absolute atomic E-state index is 0.205. The van der Waals surface area contributed by atoms with E-state index >= 15 is 0 Å². The molecule has 1 amide bonds. The van der Waals surface area contributed by atoms with Crippen molar-refractivity contribution >= 4 is 16.8 Å². The topological polar surface area (TPSA) is 71.2 Å². The van der Waals surface area contributed by atoms with Gasteiger partial charge >= 0.3 is 0 Å². The largest absolute Gasteiger partial charge is 0.381 e. The van der Waals surface area contributed by atoms with Crippen molar-refractivity contribution in [3.05, 3.63) is 45.7 Å². The maximum absolute atomic E-state index is 12.4. The van der Waals surface area contributed by atoms with Gasteiger partial charge in [-0.05, 0) is 25.5 Å². The maximum atomic E-state index is 12.4. The number of aryl methyl sites for hydroxylation is 1. The van der Waals surface area contributed by atoms with Crippen LogP contribution in [0.25, 0.3) is 10.9 Å². The second kappa shape index (κ2) is 5.69. The fraction of sp³-hybridized carbons (Fsp3) is 0.375. The zero-order valence-corrected chi connectivity index (χ0v) is 11.9. The van der Waals surface area contributed by atoms with Crippen molar-refractivity contribution in [2.24, 2.45) is 5.92 Å². The van der Waals surface area contributed by atoms with Gasteiger partial charge in [0, 0.05) is 36.0 Å². The van der Waals surface area contributed by atoms with Crippen LogP contribution in [-0.4, -0.2) is 30.6 Å². The van der Waals surface area contributed by atoms with Gasteiger partial charge in [-0.3, -0.25) is 9.59 Å². The number of rotatable bonds is 3. The van der Waals surface area contributed by atoms with Crippen LogP contribution in [0.1, 0.15) is 22.3 Å². The van der Waals surface area contributed by atoms with E-state index in [0.717, 1.165) is 24.0 Å². The van der Waals surface area contributed by atoms with E-state index in [1.165, 1.54) is 6.07 Å². The number of aromatic amines is 1. The first-order chi connectivity index (χ1) is 10.1. The van der Waals surface area contributed by atoms with Gasteiger partial charge < -0.3 is 15.0 Å². The standard InChI is InChI=1S/C16H18N2O3/c1-10-2-3-14-12(6-10)13(7-15(19)18-14)16(20)17-8-11-4-5-21-9-11/h2-3,6-7,11H,4-5,8-9H2,1H3,(H,17,20)(H,18,19)/t11-/m0/s1. The van der Waals surface area contributed by atoms with Crippen LogP contribution in [0, 0.1) is 12.8 Å². The molecule has 2 N–H and O–H groups in total. The summed E-state index contributed by atoms with van der Waals surface area (Å²) in [7, 11) is 0. The van der Waals surface area contributed by atoms with E-state index in [-0.39, 0.29) is 11.5 Å². The molecule has 1 saturated heterocycles. The second-order valence-corrected chi connectivity index (χ2v) is 5.54. The predicted octanol–water partition coefficient (Wildman–Crippen LogP) is 1.60. The highest BCUT2D eigenvalue weighted by atomic mass is 16.5. The molecule has 110 valence electrons. The predicted molar refractivity (Wildman–Crippen MR) is 80.6 cm³/mol. The van der Waals surface area contributed by atoms with Crippen LogP contribution in [-0.2, 0) is 4.74 Å². The number of H-pyrrole nitrogens is 1. The first-order valence-corrected chi connectivity index (χ1v) is 7.13. The highest BCUT2D eigenvalue weighted by molar-refractivity contribution is 6.06. The molecule has 0 radical (unpaired) electrons. The molecule has 1 aromatic heterocycles. The van der Waals surface area contributed by atoms with Crippen LogP contribution >= 0.6 is 0 Å². The van der Waals surface area contributed by atoms with Crippen molar-refractivity contribution in [2.45, 2.75) is 13.3 Å². The Labute approximate surface area is 122 Å². The fourth-order valence-corrected chi connectivity index (χ4v) is 2.63. The Morgan fingerprint density at radius 1 is 1.43 bits per heavy atom. The molecule has 2 heterocycles. The van der Waals surface area contributed by atoms with Crippen molar-refractivity contribution in [2.75, 3.05) is 19.8 Å². The number of benzene rings is 1. The van der Waals surface area contributed by atoms with E-state index in [9.17, 15) is 9.59 Å². The van der Waals surface area contributed by atoms with Crippen molar-refractivity contribution in [3.8, 4) is 0 Å². The summed E-state index contributed by atoms with van der Waals surface area (Å²) in [5, 5.41) is 3.68. The summed E-state index contributed by atoms with van der Waals surface area (Å²) in [6, 6.07) is 7.02. The van der Waals surface area contributed by atoms with Crippen molar-refractivity contribution in [1.29, 1.82) is 0 Å². The molecular formula is C16H18N2O3. The van der Waals surface area contributed by atoms with E-state index in [2.05, 4.69) is 10.3 Å². The van der Waals surface area contributed by atoms with E-state index in [4.69, 9.17) is 4.74 Å². The van der Waals surface area contributed by atoms with Gasteiger partial charge in [-0.1, -0.05) is 11.6 Å². The van der Waals surface area contributed by atoms with E-state index in [1.807, 2.05) is 25.1 Å². The van der Waals surface area contributed by atoms with Crippen LogP contribution in [0.15, 0.2) is 29.1 Å². The number of amides is 1. The van der Waals surface area contributed by atoms with Gasteiger partial charge in [-0.25, -0.2) is 0 Å². The quantitative estimate of drug-likeness (QED) is 0.900. The third-order valence-electron chi connectivity index (χ3n) is 3.82. The smallest absolute Gasteiger partial charge is 0.252 e. The molecule has 1 atom stereocenters. The van der Waals surface area contributed by atoms with Crippen molar-refractivity contribution in [1.82, 2.24) is 10.3 Å². The Hall–Kier alpha value is -2.14. The Morgan fingerprint density at radius 2 is 2.29 bits per heavy atom. The maximum Gasteiger partial charge on any atom is 0.252 e. The number of aromatic nitrogens is 1. The lowest BCUT2D eigenvalue weighted by atomic mass is 10.1. The molecule has 3 rings (SSSR count). The van der Waals surface area contributed by atoms with Gasteiger partial charge in [0.25, 0.3) is 5.91 Å². The molecule has 1 aliphatic heterocycles. The Kier molecular flexibility index (Phi) is 3.75. The van der Waals surface area contributed by atoms with Crippen LogP contribution in [0.5, 0.6) is 0 Å². The summed E-state index contributed by atoms with van der Waals surface area (Å²) in [6.45, 7) is 3.99. The summed E-state index contributed by atoms with van der Waals surface area (Å²) in [4.78, 5) is 26.8. The van der Waals surface area contributed by atoms with Crippen LogP contribution in [0.3, 0.4) is 0 Å². The Bertz CT molecular complexity index is 730. The number of carbonyl (C=O) groups is 1. The Morgan fingerprint density at radius 3 is 3.05 bits per heavy atom. The van der Waals surface area contributed by atoms with Crippen LogP contribution in [0.2, 0.25) is 0 Å². The lowest BCUT2D eigenvalue weighted by molar-refractivity contribution is 0.0946. The van der Waals surface area contributed by atoms with E-state index < -0.39 is 0 Å². The molecule has 0 saturated carbocycles. The summed E-state index contributed by atoms with van der Waals surface area (Å²) in [6.07, 6.45) is 0.968. The molecule has 21 heavy (non-hydrogen) atoms. The molecular weight excluding hydrogens is 268 g/mol. The number of fused-ring (bicyclic) bond motifs is 1. The molecule has 1 aliphatic rings. The molecule has 0 aliphatic carbocycles. The first-order valence-electron chi connectivity index (χ1n) is 7.13. The summed E-state index contributed by atoms with van der Waals surface area (Å²) >= 11 is 0. The number of hydrogen-bond acceptors (Lipinski definition) is 3. The Balaban J connectivity index is 1.89. The lowest BCUT2D eigenvalue weighted by Crippen LogP contribution is -2.30. The van der Waals surface area contributed by atoms with Gasteiger partial charge in [-0.2, -0.15) is 0 Å². The van der Waals surface area contributed by atoms with Gasteiger partial charge in [0.2, 0.25) is 5.56 Å². The highest BCUT2D eigenvalue weighted by Gasteiger charge is 2.18. The number of hydrogen-bond donors (Lipinski definition) is 2. The molecule has 0 unspecified atom stereocenters. The third kappa shape index (κ3) is 2.97. The van der Waals surface area contributed by atoms with E-state index in [0.29, 0.717) is 30.1 Å². The normalized spacial score (nSPS) is 18.0. The average Bonchev–Trinajstić information content (AvgIpc) is 2.97. The monoisotopic (exact) mass is 286 g/mol. The second-order valence-electron chi connectivity index (χ2n) is 5.54. The van der Waals surface area contributed by atoms with Crippen LogP contribution in [0.4, 0.5) is 0 Å². The van der Waals surface area contributed by atoms with Gasteiger partial charge in [0.1, 0.15) is 0 Å². The SMILES string of the molecule is Cc1ccc2[nH]c(=O)cc(C(=O)NC[C@@H]3CCOC3)c2c1. The van der Waals surface area contributed by atoms with Gasteiger partial charge in [0.05, 0.1) is 12.2 Å². The lowest BCUT2D eigenvalue weighted by Gasteiger charge is -2.11. The first kappa shape index (κ1) is 13.8. The van der Waals surface area contributed by atoms with E-state index in [1.54, 1.807) is 0 Å². The zero-order chi connectivity index (χ0) is 14.8. The number of nitrogens with one attached hydrogen (secondary N) is 2. The molecule has 5 heteroatoms. The number of pyridine rings is 1. The molecule has 0 bridgehead atoms. The molecule has 2 aromatic rings. The molecule has 0 spiro atoms. The molecule has 1 fully saturated rings. The summed E-state index contributed by atoms with van der Waals surface area (Å²) in [5.41, 5.74) is 1.90. The zero-order valence-electron chi connectivity index (χ0n) is 11.9. The third-order valence-corrected chi connectivity index (χ3v) is 3.82. The minimum atomic E-state index is -0.263.